The van der Waals surface area contributed by atoms with Crippen LogP contribution in [0.5, 0.6) is 0 Å². The average Bonchev–Trinajstić information content (AvgIpc) is 2.62. The number of imidazole rings is 1. The lowest BCUT2D eigenvalue weighted by atomic mass is 10.2. The summed E-state index contributed by atoms with van der Waals surface area (Å²) in [7, 11) is 0. The molecule has 0 spiro atoms. The molecule has 3 N–H and O–H groups in total. The number of nitrogens with zero attached hydrogens (tertiary/aromatic N) is 2. The molecule has 2 rings (SSSR count). The molecule has 0 bridgehead atoms. The van der Waals surface area contributed by atoms with Crippen molar-refractivity contribution >= 4 is 27.0 Å². The van der Waals surface area contributed by atoms with Gasteiger partial charge in [0.25, 0.3) is 0 Å². The second kappa shape index (κ2) is 3.67. The number of fused-ring (bicyclic) bond motifs is 1. The van der Waals surface area contributed by atoms with Crippen LogP contribution in [0, 0.1) is 0 Å². The molecule has 0 aliphatic carbocycles. The molecule has 2 aromatic heterocycles. The van der Waals surface area contributed by atoms with Gasteiger partial charge in [0.1, 0.15) is 11.3 Å². The minimum absolute atomic E-state index is 0.0331. The van der Waals surface area contributed by atoms with Crippen molar-refractivity contribution in [2.24, 2.45) is 5.73 Å². The Balaban J connectivity index is 2.56. The quantitative estimate of drug-likeness (QED) is 0.863. The van der Waals surface area contributed by atoms with E-state index >= 15 is 0 Å². The molecule has 0 saturated carbocycles. The molecule has 0 amide bonds. The predicted octanol–water partition coefficient (Wildman–Crippen LogP) is 2.13. The van der Waals surface area contributed by atoms with Crippen LogP contribution in [0.4, 0.5) is 0 Å². The zero-order valence-corrected chi connectivity index (χ0v) is 9.37. The fourth-order valence-electron chi connectivity index (χ4n) is 1.29. The maximum Gasteiger partial charge on any atom is 0.124 e. The highest BCUT2D eigenvalue weighted by Crippen LogP contribution is 2.22. The van der Waals surface area contributed by atoms with E-state index in [0.29, 0.717) is 0 Å². The Labute approximate surface area is 90.1 Å². The fraction of sp³-hybridized carbons (Fsp3) is 0.333. The Kier molecular flexibility index (Phi) is 2.52. The van der Waals surface area contributed by atoms with Crippen LogP contribution < -0.4 is 5.73 Å². The molecule has 74 valence electrons. The molecule has 1 unspecified atom stereocenters. The van der Waals surface area contributed by atoms with E-state index in [0.717, 1.165) is 27.8 Å². The summed E-state index contributed by atoms with van der Waals surface area (Å²) in [6.45, 7) is 2.03. The van der Waals surface area contributed by atoms with E-state index in [1.807, 2.05) is 6.92 Å². The topological polar surface area (TPSA) is 67.6 Å². The van der Waals surface area contributed by atoms with Crippen LogP contribution in [0.3, 0.4) is 0 Å². The Morgan fingerprint density at radius 1 is 1.57 bits per heavy atom. The minimum Gasteiger partial charge on any atom is -0.339 e. The monoisotopic (exact) mass is 254 g/mol. The average molecular weight is 255 g/mol. The lowest BCUT2D eigenvalue weighted by Gasteiger charge is -2.02. The number of pyridine rings is 1. The highest BCUT2D eigenvalue weighted by molar-refractivity contribution is 9.10. The summed E-state index contributed by atoms with van der Waals surface area (Å²) >= 11 is 3.40. The van der Waals surface area contributed by atoms with E-state index in [9.17, 15) is 0 Å². The molecule has 0 saturated heterocycles. The van der Waals surface area contributed by atoms with Crippen molar-refractivity contribution in [2.75, 3.05) is 0 Å². The summed E-state index contributed by atoms with van der Waals surface area (Å²) in [4.78, 5) is 11.6. The fourth-order valence-corrected chi connectivity index (χ4v) is 1.71. The van der Waals surface area contributed by atoms with E-state index in [4.69, 9.17) is 5.73 Å². The highest BCUT2D eigenvalue weighted by atomic mass is 79.9. The second-order valence-corrected chi connectivity index (χ2v) is 4.01. The molecule has 0 fully saturated rings. The van der Waals surface area contributed by atoms with Gasteiger partial charge in [-0.25, -0.2) is 4.98 Å². The van der Waals surface area contributed by atoms with Crippen LogP contribution in [-0.4, -0.2) is 15.0 Å². The lowest BCUT2D eigenvalue weighted by molar-refractivity contribution is 0.660. The number of nitrogens with two attached hydrogens (primary N) is 1. The molecular formula is C9H11BrN4. The third-order valence-electron chi connectivity index (χ3n) is 2.16. The maximum absolute atomic E-state index is 5.88. The number of hydrogen-bond acceptors (Lipinski definition) is 3. The Hall–Kier alpha value is -0.940. The molecule has 5 heteroatoms. The molecule has 1 atom stereocenters. The van der Waals surface area contributed by atoms with Gasteiger partial charge in [0.15, 0.2) is 0 Å². The van der Waals surface area contributed by atoms with E-state index < -0.39 is 0 Å². The van der Waals surface area contributed by atoms with E-state index in [1.54, 1.807) is 12.4 Å². The summed E-state index contributed by atoms with van der Waals surface area (Å²) in [5, 5.41) is 0. The minimum atomic E-state index is -0.0331. The first-order valence-corrected chi connectivity index (χ1v) is 5.26. The Bertz CT molecular complexity index is 451. The molecule has 0 radical (unpaired) electrons. The summed E-state index contributed by atoms with van der Waals surface area (Å²) < 4.78 is 0.890. The summed E-state index contributed by atoms with van der Waals surface area (Å²) in [6, 6.07) is -0.0331. The van der Waals surface area contributed by atoms with Crippen LogP contribution in [0.2, 0.25) is 0 Å². The number of hydrogen-bond donors (Lipinski definition) is 2. The van der Waals surface area contributed by atoms with Gasteiger partial charge in [0.2, 0.25) is 0 Å². The molecule has 2 heterocycles. The van der Waals surface area contributed by atoms with Crippen LogP contribution in [0.1, 0.15) is 25.2 Å². The smallest absolute Gasteiger partial charge is 0.124 e. The van der Waals surface area contributed by atoms with Crippen LogP contribution in [-0.2, 0) is 0 Å². The largest absolute Gasteiger partial charge is 0.339 e. The van der Waals surface area contributed by atoms with Crippen molar-refractivity contribution in [3.63, 3.8) is 0 Å². The Morgan fingerprint density at radius 3 is 3.00 bits per heavy atom. The number of halogens is 1. The summed E-state index contributed by atoms with van der Waals surface area (Å²) in [5.74, 6) is 0.816. The molecule has 0 aliphatic rings. The number of aromatic nitrogens is 3. The molecule has 0 aromatic carbocycles. The van der Waals surface area contributed by atoms with Gasteiger partial charge in [-0.3, -0.25) is 4.98 Å². The normalized spacial score (nSPS) is 13.4. The van der Waals surface area contributed by atoms with Gasteiger partial charge in [-0.1, -0.05) is 6.92 Å². The van der Waals surface area contributed by atoms with Gasteiger partial charge in [0, 0.05) is 6.20 Å². The van der Waals surface area contributed by atoms with Gasteiger partial charge >= 0.3 is 0 Å². The first kappa shape index (κ1) is 9.61. The molecule has 0 aliphatic heterocycles. The summed E-state index contributed by atoms with van der Waals surface area (Å²) in [6.07, 6.45) is 4.34. The van der Waals surface area contributed by atoms with Gasteiger partial charge < -0.3 is 10.7 Å². The van der Waals surface area contributed by atoms with Gasteiger partial charge in [-0.05, 0) is 22.4 Å². The van der Waals surface area contributed by atoms with Crippen molar-refractivity contribution in [3.05, 3.63) is 22.7 Å². The number of aromatic amines is 1. The van der Waals surface area contributed by atoms with Crippen molar-refractivity contribution in [1.29, 1.82) is 0 Å². The SMILES string of the molecule is CCC(N)c1nc2c(Br)cncc2[nH]1. The van der Waals surface area contributed by atoms with Crippen molar-refractivity contribution < 1.29 is 0 Å². The van der Waals surface area contributed by atoms with E-state index in [2.05, 4.69) is 30.9 Å². The predicted molar refractivity (Wildman–Crippen MR) is 58.8 cm³/mol. The first-order chi connectivity index (χ1) is 6.72. The van der Waals surface area contributed by atoms with Crippen molar-refractivity contribution in [1.82, 2.24) is 15.0 Å². The zero-order valence-electron chi connectivity index (χ0n) is 7.79. The van der Waals surface area contributed by atoms with Gasteiger partial charge in [-0.2, -0.15) is 0 Å². The van der Waals surface area contributed by atoms with E-state index in [-0.39, 0.29) is 6.04 Å². The van der Waals surface area contributed by atoms with Gasteiger partial charge in [-0.15, -0.1) is 0 Å². The third kappa shape index (κ3) is 1.53. The van der Waals surface area contributed by atoms with Gasteiger partial charge in [0.05, 0.1) is 22.2 Å². The lowest BCUT2D eigenvalue weighted by Crippen LogP contribution is -2.10. The van der Waals surface area contributed by atoms with Crippen LogP contribution >= 0.6 is 15.9 Å². The number of H-pyrrole nitrogens is 1. The van der Waals surface area contributed by atoms with Crippen molar-refractivity contribution in [3.8, 4) is 0 Å². The molecular weight excluding hydrogens is 244 g/mol. The number of rotatable bonds is 2. The van der Waals surface area contributed by atoms with E-state index in [1.165, 1.54) is 0 Å². The van der Waals surface area contributed by atoms with Crippen LogP contribution in [0.15, 0.2) is 16.9 Å². The molecule has 14 heavy (non-hydrogen) atoms. The number of nitrogens with one attached hydrogen (secondary N) is 1. The summed E-state index contributed by atoms with van der Waals surface area (Å²) in [5.41, 5.74) is 7.68. The standard InChI is InChI=1S/C9H11BrN4/c1-2-6(11)9-13-7-4-12-3-5(10)8(7)14-9/h3-4,6H,2,11H2,1H3,(H,13,14). The molecule has 2 aromatic rings. The maximum atomic E-state index is 5.88. The first-order valence-electron chi connectivity index (χ1n) is 4.47. The highest BCUT2D eigenvalue weighted by Gasteiger charge is 2.10. The molecule has 4 nitrogen and oxygen atoms in total. The third-order valence-corrected chi connectivity index (χ3v) is 2.74. The van der Waals surface area contributed by atoms with Crippen LogP contribution in [0.25, 0.3) is 11.0 Å². The second-order valence-electron chi connectivity index (χ2n) is 3.15. The Morgan fingerprint density at radius 2 is 2.36 bits per heavy atom. The zero-order chi connectivity index (χ0) is 10.1. The van der Waals surface area contributed by atoms with Crippen molar-refractivity contribution in [2.45, 2.75) is 19.4 Å².